The molecule has 5 nitrogen and oxygen atoms in total. The molecule has 0 bridgehead atoms. The summed E-state index contributed by atoms with van der Waals surface area (Å²) in [4.78, 5) is 8.19. The van der Waals surface area contributed by atoms with E-state index in [-0.39, 0.29) is 11.9 Å². The van der Waals surface area contributed by atoms with Gasteiger partial charge in [0.25, 0.3) is 0 Å². The van der Waals surface area contributed by atoms with Gasteiger partial charge in [-0.1, -0.05) is 19.1 Å². The first-order valence-corrected chi connectivity index (χ1v) is 5.44. The summed E-state index contributed by atoms with van der Waals surface area (Å²) in [5.74, 6) is 0.857. The SMILES string of the molecule is COCC(C)c1cccc2nc(N)nc(N)c12. The van der Waals surface area contributed by atoms with Crippen molar-refractivity contribution in [2.24, 2.45) is 0 Å². The Hall–Kier alpha value is -1.88. The summed E-state index contributed by atoms with van der Waals surface area (Å²) < 4.78 is 5.16. The molecule has 0 saturated heterocycles. The van der Waals surface area contributed by atoms with Crippen LogP contribution in [0.5, 0.6) is 0 Å². The largest absolute Gasteiger partial charge is 0.384 e. The van der Waals surface area contributed by atoms with E-state index in [1.165, 1.54) is 0 Å². The smallest absolute Gasteiger partial charge is 0.222 e. The third-order valence-electron chi connectivity index (χ3n) is 2.75. The van der Waals surface area contributed by atoms with Crippen LogP contribution >= 0.6 is 0 Å². The molecule has 5 heteroatoms. The number of hydrogen-bond acceptors (Lipinski definition) is 5. The summed E-state index contributed by atoms with van der Waals surface area (Å²) in [7, 11) is 1.68. The van der Waals surface area contributed by atoms with Gasteiger partial charge in [-0.3, -0.25) is 0 Å². The van der Waals surface area contributed by atoms with Crippen molar-refractivity contribution in [3.8, 4) is 0 Å². The van der Waals surface area contributed by atoms with Crippen molar-refractivity contribution in [1.29, 1.82) is 0 Å². The molecule has 0 spiro atoms. The number of rotatable bonds is 3. The quantitative estimate of drug-likeness (QED) is 0.838. The lowest BCUT2D eigenvalue weighted by atomic mass is 9.97. The van der Waals surface area contributed by atoms with E-state index in [2.05, 4.69) is 16.9 Å². The zero-order chi connectivity index (χ0) is 12.4. The fourth-order valence-corrected chi connectivity index (χ4v) is 2.01. The number of nitrogen functional groups attached to an aromatic ring is 2. The molecule has 0 saturated carbocycles. The average Bonchev–Trinajstić information content (AvgIpc) is 2.28. The summed E-state index contributed by atoms with van der Waals surface area (Å²) in [5, 5.41) is 0.867. The molecule has 0 radical (unpaired) electrons. The van der Waals surface area contributed by atoms with Crippen molar-refractivity contribution < 1.29 is 4.74 Å². The van der Waals surface area contributed by atoms with Crippen LogP contribution in [0.15, 0.2) is 18.2 Å². The number of anilines is 2. The third-order valence-corrected chi connectivity index (χ3v) is 2.75. The Bertz CT molecular complexity index is 541. The highest BCUT2D eigenvalue weighted by molar-refractivity contribution is 5.92. The zero-order valence-electron chi connectivity index (χ0n) is 9.97. The van der Waals surface area contributed by atoms with Gasteiger partial charge in [-0.15, -0.1) is 0 Å². The first-order chi connectivity index (χ1) is 8.13. The predicted octanol–water partition coefficient (Wildman–Crippen LogP) is 1.54. The normalized spacial score (nSPS) is 12.8. The third kappa shape index (κ3) is 2.14. The average molecular weight is 232 g/mol. The number of hydrogen-bond donors (Lipinski definition) is 2. The van der Waals surface area contributed by atoms with E-state index in [1.54, 1.807) is 7.11 Å². The Morgan fingerprint density at radius 2 is 2.06 bits per heavy atom. The van der Waals surface area contributed by atoms with Crippen LogP contribution in [0.1, 0.15) is 18.4 Å². The fourth-order valence-electron chi connectivity index (χ4n) is 2.01. The van der Waals surface area contributed by atoms with Crippen LogP contribution in [0.3, 0.4) is 0 Å². The van der Waals surface area contributed by atoms with Gasteiger partial charge in [0.15, 0.2) is 0 Å². The summed E-state index contributed by atoms with van der Waals surface area (Å²) in [6, 6.07) is 5.84. The standard InChI is InChI=1S/C12H16N4O/c1-7(6-17-2)8-4-3-5-9-10(8)11(13)16-12(14)15-9/h3-5,7H,6H2,1-2H3,(H4,13,14,15,16). The summed E-state index contributed by atoms with van der Waals surface area (Å²) in [6.07, 6.45) is 0. The van der Waals surface area contributed by atoms with E-state index >= 15 is 0 Å². The van der Waals surface area contributed by atoms with Crippen LogP contribution in [0.2, 0.25) is 0 Å². The molecule has 1 atom stereocenters. The molecule has 17 heavy (non-hydrogen) atoms. The molecule has 2 aromatic rings. The molecule has 2 rings (SSSR count). The lowest BCUT2D eigenvalue weighted by Crippen LogP contribution is -2.06. The topological polar surface area (TPSA) is 87.0 Å². The van der Waals surface area contributed by atoms with E-state index in [1.807, 2.05) is 18.2 Å². The van der Waals surface area contributed by atoms with Crippen LogP contribution in [0, 0.1) is 0 Å². The number of methoxy groups -OCH3 is 1. The molecular weight excluding hydrogens is 216 g/mol. The summed E-state index contributed by atoms with van der Waals surface area (Å²) in [6.45, 7) is 2.71. The Morgan fingerprint density at radius 3 is 2.76 bits per heavy atom. The maximum absolute atomic E-state index is 5.92. The molecule has 0 aliphatic heterocycles. The lowest BCUT2D eigenvalue weighted by Gasteiger charge is -2.14. The lowest BCUT2D eigenvalue weighted by molar-refractivity contribution is 0.184. The molecule has 0 fully saturated rings. The van der Waals surface area contributed by atoms with Crippen LogP contribution in [0.4, 0.5) is 11.8 Å². The van der Waals surface area contributed by atoms with Gasteiger partial charge in [-0.2, -0.15) is 4.98 Å². The van der Waals surface area contributed by atoms with E-state index in [0.717, 1.165) is 16.5 Å². The first-order valence-electron chi connectivity index (χ1n) is 5.44. The van der Waals surface area contributed by atoms with Crippen molar-refractivity contribution in [2.45, 2.75) is 12.8 Å². The minimum atomic E-state index is 0.201. The molecular formula is C12H16N4O. The number of ether oxygens (including phenoxy) is 1. The van der Waals surface area contributed by atoms with Gasteiger partial charge in [0.05, 0.1) is 12.1 Å². The van der Waals surface area contributed by atoms with Crippen molar-refractivity contribution in [3.63, 3.8) is 0 Å². The van der Waals surface area contributed by atoms with Gasteiger partial charge < -0.3 is 16.2 Å². The Balaban J connectivity index is 2.64. The number of nitrogens with zero attached hydrogens (tertiary/aromatic N) is 2. The van der Waals surface area contributed by atoms with E-state index in [9.17, 15) is 0 Å². The first kappa shape index (κ1) is 11.6. The minimum Gasteiger partial charge on any atom is -0.384 e. The Morgan fingerprint density at radius 1 is 1.29 bits per heavy atom. The van der Waals surface area contributed by atoms with Crippen molar-refractivity contribution in [3.05, 3.63) is 23.8 Å². The number of benzene rings is 1. The van der Waals surface area contributed by atoms with E-state index in [4.69, 9.17) is 16.2 Å². The molecule has 90 valence electrons. The minimum absolute atomic E-state index is 0.201. The molecule has 4 N–H and O–H groups in total. The highest BCUT2D eigenvalue weighted by Crippen LogP contribution is 2.28. The second-order valence-electron chi connectivity index (χ2n) is 4.06. The second-order valence-corrected chi connectivity index (χ2v) is 4.06. The summed E-state index contributed by atoms with van der Waals surface area (Å²) in [5.41, 5.74) is 13.4. The number of aromatic nitrogens is 2. The van der Waals surface area contributed by atoms with E-state index < -0.39 is 0 Å². The van der Waals surface area contributed by atoms with Crippen molar-refractivity contribution in [1.82, 2.24) is 9.97 Å². The highest BCUT2D eigenvalue weighted by Gasteiger charge is 2.13. The van der Waals surface area contributed by atoms with E-state index in [0.29, 0.717) is 12.4 Å². The molecule has 1 aromatic heterocycles. The number of nitrogens with two attached hydrogens (primary N) is 2. The van der Waals surface area contributed by atoms with Gasteiger partial charge >= 0.3 is 0 Å². The van der Waals surface area contributed by atoms with Crippen LogP contribution in [-0.2, 0) is 4.74 Å². The van der Waals surface area contributed by atoms with Crippen LogP contribution in [0.25, 0.3) is 10.9 Å². The molecule has 1 unspecified atom stereocenters. The van der Waals surface area contributed by atoms with Crippen molar-refractivity contribution in [2.75, 3.05) is 25.2 Å². The van der Waals surface area contributed by atoms with Crippen molar-refractivity contribution >= 4 is 22.7 Å². The van der Waals surface area contributed by atoms with Gasteiger partial charge in [0.1, 0.15) is 5.82 Å². The molecule has 1 heterocycles. The Labute approximate surface area is 99.8 Å². The summed E-state index contributed by atoms with van der Waals surface area (Å²) >= 11 is 0. The molecule has 0 aliphatic rings. The zero-order valence-corrected chi connectivity index (χ0v) is 9.97. The van der Waals surface area contributed by atoms with Crippen LogP contribution in [-0.4, -0.2) is 23.7 Å². The number of fused-ring (bicyclic) bond motifs is 1. The molecule has 0 amide bonds. The fraction of sp³-hybridized carbons (Fsp3) is 0.333. The maximum Gasteiger partial charge on any atom is 0.222 e. The second kappa shape index (κ2) is 4.55. The van der Waals surface area contributed by atoms with Gasteiger partial charge in [-0.05, 0) is 11.6 Å². The van der Waals surface area contributed by atoms with Gasteiger partial charge in [0.2, 0.25) is 5.95 Å². The van der Waals surface area contributed by atoms with Crippen LogP contribution < -0.4 is 11.5 Å². The molecule has 1 aromatic carbocycles. The predicted molar refractivity (Wildman–Crippen MR) is 68.7 cm³/mol. The Kier molecular flexibility index (Phi) is 3.10. The monoisotopic (exact) mass is 232 g/mol. The maximum atomic E-state index is 5.92. The highest BCUT2D eigenvalue weighted by atomic mass is 16.5. The molecule has 0 aliphatic carbocycles. The van der Waals surface area contributed by atoms with Gasteiger partial charge in [0, 0.05) is 18.4 Å². The van der Waals surface area contributed by atoms with Gasteiger partial charge in [-0.25, -0.2) is 4.98 Å².